The molecule has 5 nitrogen and oxygen atoms in total. The molecule has 154 valence electrons. The Morgan fingerprint density at radius 2 is 1.97 bits per heavy atom. The summed E-state index contributed by atoms with van der Waals surface area (Å²) >= 11 is 0. The number of aromatic nitrogens is 1. The third-order valence-corrected chi connectivity index (χ3v) is 5.34. The minimum absolute atomic E-state index is 0.0370. The van der Waals surface area contributed by atoms with Crippen molar-refractivity contribution in [2.24, 2.45) is 0 Å². The van der Waals surface area contributed by atoms with E-state index in [4.69, 9.17) is 4.74 Å². The lowest BCUT2D eigenvalue weighted by Gasteiger charge is -2.36. The number of ether oxygens (including phenoxy) is 1. The number of rotatable bonds is 5. The Labute approximate surface area is 172 Å². The molecule has 2 heterocycles. The Morgan fingerprint density at radius 3 is 2.69 bits per heavy atom. The number of aryl methyl sites for hydroxylation is 1. The van der Waals surface area contributed by atoms with E-state index < -0.39 is 6.29 Å². The van der Waals surface area contributed by atoms with Gasteiger partial charge in [0.2, 0.25) is 0 Å². The maximum atomic E-state index is 12.0. The van der Waals surface area contributed by atoms with Crippen molar-refractivity contribution >= 4 is 0 Å². The summed E-state index contributed by atoms with van der Waals surface area (Å²) in [5.74, 6) is 6.44. The van der Waals surface area contributed by atoms with Crippen LogP contribution in [0.25, 0.3) is 5.69 Å². The molecule has 0 amide bonds. The Morgan fingerprint density at radius 1 is 1.21 bits per heavy atom. The summed E-state index contributed by atoms with van der Waals surface area (Å²) in [4.78, 5) is 14.3. The van der Waals surface area contributed by atoms with Crippen molar-refractivity contribution in [1.29, 1.82) is 0 Å². The van der Waals surface area contributed by atoms with Gasteiger partial charge in [-0.1, -0.05) is 17.9 Å². The maximum absolute atomic E-state index is 12.0. The molecule has 1 fully saturated rings. The molecule has 5 heteroatoms. The van der Waals surface area contributed by atoms with Crippen molar-refractivity contribution in [3.63, 3.8) is 0 Å². The van der Waals surface area contributed by atoms with E-state index in [0.717, 1.165) is 42.6 Å². The SMILES string of the molecule is Cc1ccc(=O)n(-c2ccc(C#CCCCN(C)C3CC(C)OC(O)C3)cc2)c1. The number of unbranched alkanes of at least 4 members (excludes halogenated alkanes) is 1. The number of hydrogen-bond acceptors (Lipinski definition) is 4. The van der Waals surface area contributed by atoms with E-state index in [9.17, 15) is 9.90 Å². The predicted molar refractivity (Wildman–Crippen MR) is 115 cm³/mol. The van der Waals surface area contributed by atoms with Gasteiger partial charge in [-0.25, -0.2) is 0 Å². The first-order valence-corrected chi connectivity index (χ1v) is 10.2. The average molecular weight is 395 g/mol. The molecule has 1 aliphatic heterocycles. The van der Waals surface area contributed by atoms with Crippen LogP contribution < -0.4 is 5.56 Å². The Hall–Kier alpha value is -2.39. The lowest BCUT2D eigenvalue weighted by atomic mass is 10.0. The number of aliphatic hydroxyl groups excluding tert-OH is 1. The smallest absolute Gasteiger partial charge is 0.255 e. The highest BCUT2D eigenvalue weighted by Gasteiger charge is 2.27. The molecule has 3 unspecified atom stereocenters. The molecule has 1 aromatic carbocycles. The van der Waals surface area contributed by atoms with Gasteiger partial charge in [0.05, 0.1) is 6.10 Å². The molecule has 1 aromatic heterocycles. The van der Waals surface area contributed by atoms with E-state index in [-0.39, 0.29) is 11.7 Å². The Bertz CT molecular complexity index is 914. The van der Waals surface area contributed by atoms with Crippen LogP contribution in [0.2, 0.25) is 0 Å². The van der Waals surface area contributed by atoms with Gasteiger partial charge in [-0.2, -0.15) is 0 Å². The largest absolute Gasteiger partial charge is 0.368 e. The summed E-state index contributed by atoms with van der Waals surface area (Å²) < 4.78 is 7.04. The quantitative estimate of drug-likeness (QED) is 0.625. The van der Waals surface area contributed by atoms with Crippen molar-refractivity contribution in [3.8, 4) is 17.5 Å². The zero-order chi connectivity index (χ0) is 20.8. The topological polar surface area (TPSA) is 54.7 Å². The number of benzene rings is 1. The average Bonchev–Trinajstić information content (AvgIpc) is 2.69. The lowest BCUT2D eigenvalue weighted by Crippen LogP contribution is -2.43. The van der Waals surface area contributed by atoms with Gasteiger partial charge >= 0.3 is 0 Å². The second-order valence-electron chi connectivity index (χ2n) is 7.87. The summed E-state index contributed by atoms with van der Waals surface area (Å²) in [6.45, 7) is 4.93. The van der Waals surface area contributed by atoms with Crippen LogP contribution in [0.5, 0.6) is 0 Å². The van der Waals surface area contributed by atoms with E-state index in [0.29, 0.717) is 12.5 Å². The van der Waals surface area contributed by atoms with Crippen molar-refractivity contribution in [2.45, 2.75) is 58.0 Å². The molecular weight excluding hydrogens is 364 g/mol. The predicted octanol–water partition coefficient (Wildman–Crippen LogP) is 3.10. The van der Waals surface area contributed by atoms with Crippen LogP contribution >= 0.6 is 0 Å². The van der Waals surface area contributed by atoms with Gasteiger partial charge in [0.1, 0.15) is 0 Å². The van der Waals surface area contributed by atoms with Crippen molar-refractivity contribution in [3.05, 3.63) is 64.1 Å². The summed E-state index contributed by atoms with van der Waals surface area (Å²) in [5, 5.41) is 9.77. The number of aliphatic hydroxyl groups is 1. The molecule has 0 aliphatic carbocycles. The van der Waals surface area contributed by atoms with Crippen LogP contribution in [-0.2, 0) is 4.74 Å². The van der Waals surface area contributed by atoms with Gasteiger partial charge in [0.15, 0.2) is 6.29 Å². The highest BCUT2D eigenvalue weighted by Crippen LogP contribution is 2.21. The Kier molecular flexibility index (Phi) is 7.27. The highest BCUT2D eigenvalue weighted by molar-refractivity contribution is 5.42. The molecule has 0 radical (unpaired) electrons. The van der Waals surface area contributed by atoms with Crippen LogP contribution in [0.15, 0.2) is 47.4 Å². The van der Waals surface area contributed by atoms with Crippen molar-refractivity contribution in [1.82, 2.24) is 9.47 Å². The van der Waals surface area contributed by atoms with Crippen LogP contribution in [0.1, 0.15) is 43.7 Å². The zero-order valence-corrected chi connectivity index (χ0v) is 17.5. The minimum Gasteiger partial charge on any atom is -0.368 e. The molecule has 1 aliphatic rings. The van der Waals surface area contributed by atoms with E-state index >= 15 is 0 Å². The summed E-state index contributed by atoms with van der Waals surface area (Å²) in [7, 11) is 2.11. The van der Waals surface area contributed by atoms with Gasteiger partial charge in [-0.3, -0.25) is 9.36 Å². The van der Waals surface area contributed by atoms with Gasteiger partial charge < -0.3 is 14.7 Å². The van der Waals surface area contributed by atoms with E-state index in [1.165, 1.54) is 0 Å². The number of hydrogen-bond donors (Lipinski definition) is 1. The first-order chi connectivity index (χ1) is 13.9. The number of nitrogens with zero attached hydrogens (tertiary/aromatic N) is 2. The fraction of sp³-hybridized carbons (Fsp3) is 0.458. The van der Waals surface area contributed by atoms with E-state index in [1.54, 1.807) is 10.6 Å². The molecule has 2 aromatic rings. The molecule has 3 rings (SSSR count). The van der Waals surface area contributed by atoms with Gasteiger partial charge in [-0.15, -0.1) is 0 Å². The minimum atomic E-state index is -0.648. The van der Waals surface area contributed by atoms with E-state index in [2.05, 4.69) is 23.8 Å². The van der Waals surface area contributed by atoms with Crippen LogP contribution in [0.4, 0.5) is 0 Å². The molecule has 3 atom stereocenters. The van der Waals surface area contributed by atoms with Crippen molar-refractivity contribution < 1.29 is 9.84 Å². The fourth-order valence-corrected chi connectivity index (χ4v) is 3.72. The van der Waals surface area contributed by atoms with Gasteiger partial charge in [0.25, 0.3) is 5.56 Å². The monoisotopic (exact) mass is 394 g/mol. The van der Waals surface area contributed by atoms with Crippen LogP contribution in [-0.4, -0.2) is 46.6 Å². The highest BCUT2D eigenvalue weighted by atomic mass is 16.6. The molecule has 0 bridgehead atoms. The first kappa shape index (κ1) is 21.3. The van der Waals surface area contributed by atoms with Gasteiger partial charge in [-0.05, 0) is 70.1 Å². The normalized spacial score (nSPS) is 21.6. The maximum Gasteiger partial charge on any atom is 0.255 e. The zero-order valence-electron chi connectivity index (χ0n) is 17.5. The van der Waals surface area contributed by atoms with Crippen LogP contribution in [0.3, 0.4) is 0 Å². The third-order valence-electron chi connectivity index (χ3n) is 5.34. The second kappa shape index (κ2) is 9.89. The molecule has 1 saturated heterocycles. The first-order valence-electron chi connectivity index (χ1n) is 10.2. The number of pyridine rings is 1. The van der Waals surface area contributed by atoms with E-state index in [1.807, 2.05) is 50.4 Å². The van der Waals surface area contributed by atoms with Gasteiger partial charge in [0, 0.05) is 42.4 Å². The third kappa shape index (κ3) is 6.04. The molecular formula is C24H30N2O3. The summed E-state index contributed by atoms with van der Waals surface area (Å²) in [6.07, 6.45) is 4.73. The lowest BCUT2D eigenvalue weighted by molar-refractivity contribution is -0.173. The fourth-order valence-electron chi connectivity index (χ4n) is 3.72. The van der Waals surface area contributed by atoms with Crippen LogP contribution in [0, 0.1) is 18.8 Å². The molecule has 0 spiro atoms. The second-order valence-corrected chi connectivity index (χ2v) is 7.87. The molecule has 29 heavy (non-hydrogen) atoms. The Balaban J connectivity index is 1.49. The van der Waals surface area contributed by atoms with Crippen molar-refractivity contribution in [2.75, 3.05) is 13.6 Å². The standard InChI is InChI=1S/C24H30N2O3/c1-18-8-13-23(27)26(17-18)21-11-9-20(10-12-21)7-5-4-6-14-25(3)22-15-19(2)29-24(28)16-22/h8-13,17,19,22,24,28H,4,6,14-16H2,1-3H3. The summed E-state index contributed by atoms with van der Waals surface area (Å²) in [6, 6.07) is 11.5. The summed E-state index contributed by atoms with van der Waals surface area (Å²) in [5.41, 5.74) is 2.80. The molecule has 1 N–H and O–H groups in total. The molecule has 0 saturated carbocycles.